The second kappa shape index (κ2) is 11.6. The number of amides is 1. The van der Waals surface area contributed by atoms with Crippen molar-refractivity contribution < 1.29 is 48.7 Å². The van der Waals surface area contributed by atoms with Gasteiger partial charge in [-0.25, -0.2) is 14.6 Å². The molecule has 1 aliphatic heterocycles. The fraction of sp³-hybridized carbons (Fsp3) is 0.360. The number of fused-ring (bicyclic) bond motifs is 1. The lowest BCUT2D eigenvalue weighted by atomic mass is 9.96. The monoisotopic (exact) mass is 529 g/mol. The smallest absolute Gasteiger partial charge is 0.453 e. The zero-order valence-corrected chi connectivity index (χ0v) is 20.5. The van der Waals surface area contributed by atoms with Crippen LogP contribution in [0.15, 0.2) is 48.5 Å². The molecule has 1 saturated heterocycles. The highest BCUT2D eigenvalue weighted by atomic mass is 16.7. The van der Waals surface area contributed by atoms with Crippen molar-refractivity contribution in [3.05, 3.63) is 59.7 Å². The maximum atomic E-state index is 12.8. The van der Waals surface area contributed by atoms with Gasteiger partial charge in [-0.1, -0.05) is 30.3 Å². The van der Waals surface area contributed by atoms with Gasteiger partial charge in [-0.15, -0.1) is 0 Å². The van der Waals surface area contributed by atoms with Crippen molar-refractivity contribution in [2.75, 3.05) is 19.0 Å². The van der Waals surface area contributed by atoms with Gasteiger partial charge in [-0.05, 0) is 25.1 Å². The van der Waals surface area contributed by atoms with E-state index in [0.717, 1.165) is 0 Å². The number of methoxy groups -OCH3 is 1. The van der Waals surface area contributed by atoms with Crippen molar-refractivity contribution in [3.8, 4) is 0 Å². The molecule has 38 heavy (non-hydrogen) atoms. The van der Waals surface area contributed by atoms with Gasteiger partial charge in [0.05, 0.1) is 24.2 Å². The Morgan fingerprint density at radius 3 is 2.45 bits per heavy atom. The summed E-state index contributed by atoms with van der Waals surface area (Å²) in [5.74, 6) is -0.232. The van der Waals surface area contributed by atoms with E-state index >= 15 is 0 Å². The van der Waals surface area contributed by atoms with Gasteiger partial charge in [0.2, 0.25) is 5.95 Å². The molecular weight excluding hydrogens is 502 g/mol. The van der Waals surface area contributed by atoms with E-state index in [1.54, 1.807) is 48.5 Å². The van der Waals surface area contributed by atoms with E-state index in [4.69, 9.17) is 14.2 Å². The molecule has 1 fully saturated rings. The van der Waals surface area contributed by atoms with Gasteiger partial charge in [0, 0.05) is 11.1 Å². The van der Waals surface area contributed by atoms with Crippen molar-refractivity contribution in [3.63, 3.8) is 0 Å². The molecule has 0 saturated carbocycles. The number of hydrogen-bond donors (Lipinski definition) is 4. The molecule has 5 atom stereocenters. The lowest BCUT2D eigenvalue weighted by molar-refractivity contribution is -0.225. The van der Waals surface area contributed by atoms with Crippen molar-refractivity contribution in [1.29, 1.82) is 0 Å². The van der Waals surface area contributed by atoms with Gasteiger partial charge >= 0.3 is 12.2 Å². The third kappa shape index (κ3) is 5.75. The van der Waals surface area contributed by atoms with Crippen molar-refractivity contribution in [2.24, 2.45) is 0 Å². The number of hydrogen-bond acceptors (Lipinski definition) is 11. The van der Waals surface area contributed by atoms with Crippen LogP contribution in [0.25, 0.3) is 11.0 Å². The van der Waals surface area contributed by atoms with E-state index in [-0.39, 0.29) is 11.7 Å². The topological polar surface area (TPSA) is 179 Å². The van der Waals surface area contributed by atoms with Gasteiger partial charge in [0.15, 0.2) is 12.5 Å². The number of nitrogens with zero attached hydrogens (tertiary/aromatic N) is 2. The molecule has 13 nitrogen and oxygen atoms in total. The number of ether oxygens (including phenoxy) is 4. The van der Waals surface area contributed by atoms with E-state index in [1.807, 2.05) is 0 Å². The first-order valence-electron chi connectivity index (χ1n) is 11.6. The molecule has 5 unspecified atom stereocenters. The number of ketones is 1. The molecule has 1 aliphatic rings. The summed E-state index contributed by atoms with van der Waals surface area (Å²) in [6.07, 6.45) is -8.05. The van der Waals surface area contributed by atoms with Crippen LogP contribution in [0.3, 0.4) is 0 Å². The minimum absolute atomic E-state index is 0.0130. The van der Waals surface area contributed by atoms with Crippen LogP contribution in [0.1, 0.15) is 22.8 Å². The number of nitrogens with one attached hydrogen (secondary N) is 1. The minimum Gasteiger partial charge on any atom is -0.453 e. The Kier molecular flexibility index (Phi) is 8.22. The average Bonchev–Trinajstić information content (AvgIpc) is 3.27. The molecule has 1 amide bonds. The highest BCUT2D eigenvalue weighted by Crippen LogP contribution is 2.24. The second-order valence-electron chi connectivity index (χ2n) is 8.56. The third-order valence-corrected chi connectivity index (χ3v) is 6.07. The van der Waals surface area contributed by atoms with E-state index in [9.17, 15) is 29.7 Å². The Hall–Kier alpha value is -4.04. The molecule has 2 aromatic carbocycles. The molecule has 4 N–H and O–H groups in total. The van der Waals surface area contributed by atoms with Gasteiger partial charge in [0.25, 0.3) is 0 Å². The number of carbonyl (C=O) groups excluding carboxylic acids is 3. The molecule has 0 bridgehead atoms. The van der Waals surface area contributed by atoms with Gasteiger partial charge < -0.3 is 34.3 Å². The first kappa shape index (κ1) is 27.0. The molecule has 0 aliphatic carbocycles. The zero-order chi connectivity index (χ0) is 27.4. The summed E-state index contributed by atoms with van der Waals surface area (Å²) in [5.41, 5.74) is 1.64. The van der Waals surface area contributed by atoms with Crippen LogP contribution >= 0.6 is 0 Å². The summed E-state index contributed by atoms with van der Waals surface area (Å²) >= 11 is 0. The molecule has 202 valence electrons. The maximum absolute atomic E-state index is 12.8. The summed E-state index contributed by atoms with van der Waals surface area (Å²) in [7, 11) is 1.17. The summed E-state index contributed by atoms with van der Waals surface area (Å²) in [6.45, 7) is 0.618. The first-order valence-corrected chi connectivity index (χ1v) is 11.6. The van der Waals surface area contributed by atoms with E-state index < -0.39 is 56.1 Å². The van der Waals surface area contributed by atoms with Crippen LogP contribution < -0.4 is 5.32 Å². The Balaban J connectivity index is 1.48. The number of aromatic nitrogens is 2. The Bertz CT molecular complexity index is 1310. The van der Waals surface area contributed by atoms with Crippen molar-refractivity contribution in [1.82, 2.24) is 9.55 Å². The third-order valence-electron chi connectivity index (χ3n) is 6.07. The van der Waals surface area contributed by atoms with Gasteiger partial charge in [0.1, 0.15) is 31.0 Å². The minimum atomic E-state index is -1.48. The van der Waals surface area contributed by atoms with E-state index in [2.05, 4.69) is 15.0 Å². The van der Waals surface area contributed by atoms with Crippen LogP contribution in [0.4, 0.5) is 15.5 Å². The van der Waals surface area contributed by atoms with Crippen molar-refractivity contribution in [2.45, 2.75) is 44.2 Å². The maximum Gasteiger partial charge on any atom is 0.510 e. The van der Waals surface area contributed by atoms with Gasteiger partial charge in [-0.2, -0.15) is 0 Å². The molecule has 0 spiro atoms. The molecule has 2 heterocycles. The standard InChI is InChI=1S/C25H27N3O10/c1-13-19(29)22(32)21(31)18(38-13)11-36-25(34)37-12-28-17-9-8-15(20(30)14-6-4-3-5-7-14)10-16(17)26-23(28)27-24(33)35-2/h3-10,13,18-19,21-22,29,31-32H,11-12H2,1-2H3,(H,26,27,33). The Labute approximate surface area is 216 Å². The quantitative estimate of drug-likeness (QED) is 0.257. The fourth-order valence-electron chi connectivity index (χ4n) is 3.98. The number of rotatable bonds is 7. The van der Waals surface area contributed by atoms with E-state index in [1.165, 1.54) is 18.6 Å². The normalized spacial score (nSPS) is 23.0. The number of benzene rings is 2. The number of carbonyl (C=O) groups is 3. The van der Waals surface area contributed by atoms with Crippen LogP contribution in [-0.2, 0) is 25.7 Å². The SMILES string of the molecule is COC(=O)Nc1nc2cc(C(=O)c3ccccc3)ccc2n1COC(=O)OCC1OC(C)C(O)C(O)C1O. The second-order valence-corrected chi connectivity index (χ2v) is 8.56. The highest BCUT2D eigenvalue weighted by Gasteiger charge is 2.42. The van der Waals surface area contributed by atoms with Crippen LogP contribution in [-0.4, -0.2) is 87.1 Å². The van der Waals surface area contributed by atoms with Crippen LogP contribution in [0, 0.1) is 0 Å². The summed E-state index contributed by atoms with van der Waals surface area (Å²) < 4.78 is 21.5. The first-order chi connectivity index (χ1) is 18.2. The predicted molar refractivity (Wildman–Crippen MR) is 130 cm³/mol. The Morgan fingerprint density at radius 1 is 1.00 bits per heavy atom. The fourth-order valence-corrected chi connectivity index (χ4v) is 3.98. The predicted octanol–water partition coefficient (Wildman–Crippen LogP) is 1.43. The van der Waals surface area contributed by atoms with Gasteiger partial charge in [-0.3, -0.25) is 14.7 Å². The largest absolute Gasteiger partial charge is 0.510 e. The molecule has 13 heteroatoms. The average molecular weight is 530 g/mol. The number of aliphatic hydroxyl groups excluding tert-OH is 3. The number of anilines is 1. The van der Waals surface area contributed by atoms with Crippen LogP contribution in [0.2, 0.25) is 0 Å². The number of imidazole rings is 1. The summed E-state index contributed by atoms with van der Waals surface area (Å²) in [5, 5.41) is 32.1. The molecular formula is C25H27N3O10. The lowest BCUT2D eigenvalue weighted by Crippen LogP contribution is -2.57. The lowest BCUT2D eigenvalue weighted by Gasteiger charge is -2.38. The molecule has 4 rings (SSSR count). The van der Waals surface area contributed by atoms with Crippen molar-refractivity contribution >= 4 is 35.0 Å². The summed E-state index contributed by atoms with van der Waals surface area (Å²) in [6, 6.07) is 13.4. The highest BCUT2D eigenvalue weighted by molar-refractivity contribution is 6.10. The van der Waals surface area contributed by atoms with Crippen LogP contribution in [0.5, 0.6) is 0 Å². The summed E-state index contributed by atoms with van der Waals surface area (Å²) in [4.78, 5) is 41.3. The number of aliphatic hydroxyl groups is 3. The molecule has 0 radical (unpaired) electrons. The van der Waals surface area contributed by atoms with E-state index in [0.29, 0.717) is 22.2 Å². The molecule has 3 aromatic rings. The molecule has 1 aromatic heterocycles. The Morgan fingerprint density at radius 2 is 1.74 bits per heavy atom. The zero-order valence-electron chi connectivity index (χ0n) is 20.5.